The Labute approximate surface area is 114 Å². The van der Waals surface area contributed by atoms with Crippen molar-refractivity contribution in [1.29, 1.82) is 5.26 Å². The second kappa shape index (κ2) is 6.11. The van der Waals surface area contributed by atoms with Crippen molar-refractivity contribution in [3.8, 4) is 6.07 Å². The molecule has 0 unspecified atom stereocenters. The van der Waals surface area contributed by atoms with E-state index in [0.29, 0.717) is 18.5 Å². The zero-order chi connectivity index (χ0) is 14.5. The average molecular weight is 276 g/mol. The Morgan fingerprint density at radius 2 is 1.80 bits per heavy atom. The summed E-state index contributed by atoms with van der Waals surface area (Å²) in [5, 5.41) is 11.4. The minimum atomic E-state index is -0.627. The lowest BCUT2D eigenvalue weighted by Crippen LogP contribution is -2.07. The van der Waals surface area contributed by atoms with Crippen molar-refractivity contribution in [2.24, 2.45) is 0 Å². The molecule has 0 aliphatic rings. The molecule has 0 aromatic heterocycles. The smallest absolute Gasteiger partial charge is 0.147 e. The minimum Gasteiger partial charge on any atom is -0.382 e. The van der Waals surface area contributed by atoms with Gasteiger partial charge in [0.25, 0.3) is 0 Å². The van der Waals surface area contributed by atoms with Crippen LogP contribution in [-0.4, -0.2) is 6.54 Å². The highest BCUT2D eigenvalue weighted by atomic mass is 19.1. The van der Waals surface area contributed by atoms with Gasteiger partial charge in [0.1, 0.15) is 17.5 Å². The summed E-state index contributed by atoms with van der Waals surface area (Å²) in [7, 11) is 0. The summed E-state index contributed by atoms with van der Waals surface area (Å²) in [4.78, 5) is 0. The third-order valence-corrected chi connectivity index (χ3v) is 2.82. The van der Waals surface area contributed by atoms with Gasteiger partial charge in [0.05, 0.1) is 17.3 Å². The molecule has 0 spiro atoms. The van der Waals surface area contributed by atoms with Crippen LogP contribution in [0.2, 0.25) is 0 Å². The SMILES string of the molecule is N#Cc1ccc(NCCc2ccc(F)cc2F)c(F)c1. The van der Waals surface area contributed by atoms with Crippen LogP contribution in [0.5, 0.6) is 0 Å². The van der Waals surface area contributed by atoms with Gasteiger partial charge in [0.2, 0.25) is 0 Å². The maximum Gasteiger partial charge on any atom is 0.147 e. The summed E-state index contributed by atoms with van der Waals surface area (Å²) in [6.07, 6.45) is 0.297. The van der Waals surface area contributed by atoms with Gasteiger partial charge in [-0.3, -0.25) is 0 Å². The van der Waals surface area contributed by atoms with Crippen LogP contribution < -0.4 is 5.32 Å². The van der Waals surface area contributed by atoms with Crippen LogP contribution in [0.1, 0.15) is 11.1 Å². The first-order valence-electron chi connectivity index (χ1n) is 5.97. The zero-order valence-electron chi connectivity index (χ0n) is 10.5. The first kappa shape index (κ1) is 13.9. The van der Waals surface area contributed by atoms with Gasteiger partial charge >= 0.3 is 0 Å². The van der Waals surface area contributed by atoms with E-state index in [1.54, 1.807) is 0 Å². The topological polar surface area (TPSA) is 35.8 Å². The number of hydrogen-bond acceptors (Lipinski definition) is 2. The van der Waals surface area contributed by atoms with E-state index in [1.807, 2.05) is 6.07 Å². The lowest BCUT2D eigenvalue weighted by Gasteiger charge is -2.08. The van der Waals surface area contributed by atoms with Gasteiger partial charge in [-0.05, 0) is 36.2 Å². The molecule has 0 aliphatic heterocycles. The molecule has 0 bridgehead atoms. The van der Waals surface area contributed by atoms with Crippen LogP contribution >= 0.6 is 0 Å². The van der Waals surface area contributed by atoms with Crippen LogP contribution in [0.4, 0.5) is 18.9 Å². The molecule has 0 amide bonds. The quantitative estimate of drug-likeness (QED) is 0.925. The molecule has 5 heteroatoms. The maximum atomic E-state index is 13.6. The molecule has 1 N–H and O–H groups in total. The lowest BCUT2D eigenvalue weighted by molar-refractivity contribution is 0.572. The van der Waals surface area contributed by atoms with Crippen LogP contribution in [0.3, 0.4) is 0 Å². The predicted molar refractivity (Wildman–Crippen MR) is 69.7 cm³/mol. The summed E-state index contributed by atoms with van der Waals surface area (Å²) in [6.45, 7) is 0.297. The number of nitriles is 1. The lowest BCUT2D eigenvalue weighted by atomic mass is 10.1. The van der Waals surface area contributed by atoms with Crippen LogP contribution in [0.15, 0.2) is 36.4 Å². The number of nitrogens with one attached hydrogen (secondary N) is 1. The molecular formula is C15H11F3N2. The van der Waals surface area contributed by atoms with E-state index < -0.39 is 17.5 Å². The van der Waals surface area contributed by atoms with E-state index in [9.17, 15) is 13.2 Å². The molecule has 0 radical (unpaired) electrons. The molecule has 0 aliphatic carbocycles. The Hall–Kier alpha value is -2.48. The fourth-order valence-corrected chi connectivity index (χ4v) is 1.78. The number of halogens is 3. The molecule has 2 aromatic rings. The highest BCUT2D eigenvalue weighted by Crippen LogP contribution is 2.16. The molecule has 2 rings (SSSR count). The summed E-state index contributed by atoms with van der Waals surface area (Å²) in [6, 6.07) is 9.27. The second-order valence-corrected chi connectivity index (χ2v) is 4.22. The summed E-state index contributed by atoms with van der Waals surface area (Å²) in [5.41, 5.74) is 0.831. The van der Waals surface area contributed by atoms with Gasteiger partial charge in [-0.25, -0.2) is 13.2 Å². The van der Waals surface area contributed by atoms with Crippen molar-refractivity contribution < 1.29 is 13.2 Å². The maximum absolute atomic E-state index is 13.6. The van der Waals surface area contributed by atoms with Gasteiger partial charge in [-0.15, -0.1) is 0 Å². The third-order valence-electron chi connectivity index (χ3n) is 2.82. The second-order valence-electron chi connectivity index (χ2n) is 4.22. The van der Waals surface area contributed by atoms with E-state index in [2.05, 4.69) is 5.32 Å². The van der Waals surface area contributed by atoms with Crippen molar-refractivity contribution in [2.75, 3.05) is 11.9 Å². The number of hydrogen-bond donors (Lipinski definition) is 1. The fourth-order valence-electron chi connectivity index (χ4n) is 1.78. The summed E-state index contributed by atoms with van der Waals surface area (Å²) in [5.74, 6) is -1.78. The number of nitrogens with zero attached hydrogens (tertiary/aromatic N) is 1. The Morgan fingerprint density at radius 3 is 2.45 bits per heavy atom. The number of anilines is 1. The van der Waals surface area contributed by atoms with E-state index >= 15 is 0 Å². The zero-order valence-corrected chi connectivity index (χ0v) is 10.5. The van der Waals surface area contributed by atoms with Crippen LogP contribution in [-0.2, 0) is 6.42 Å². The van der Waals surface area contributed by atoms with Crippen molar-refractivity contribution in [3.63, 3.8) is 0 Å². The van der Waals surface area contributed by atoms with Gasteiger partial charge in [-0.1, -0.05) is 6.07 Å². The normalized spacial score (nSPS) is 10.1. The largest absolute Gasteiger partial charge is 0.382 e. The van der Waals surface area contributed by atoms with Gasteiger partial charge < -0.3 is 5.32 Å². The number of rotatable bonds is 4. The molecule has 102 valence electrons. The molecule has 20 heavy (non-hydrogen) atoms. The fraction of sp³-hybridized carbons (Fsp3) is 0.133. The molecule has 0 saturated heterocycles. The Morgan fingerprint density at radius 1 is 1.00 bits per heavy atom. The van der Waals surface area contributed by atoms with Crippen LogP contribution in [0.25, 0.3) is 0 Å². The third kappa shape index (κ3) is 3.29. The molecule has 0 fully saturated rings. The summed E-state index contributed by atoms with van der Waals surface area (Å²) >= 11 is 0. The predicted octanol–water partition coefficient (Wildman–Crippen LogP) is 3.63. The first-order chi connectivity index (χ1) is 9.60. The highest BCUT2D eigenvalue weighted by Gasteiger charge is 2.05. The number of benzene rings is 2. The van der Waals surface area contributed by atoms with Gasteiger partial charge in [0, 0.05) is 12.6 Å². The van der Waals surface area contributed by atoms with Crippen molar-refractivity contribution >= 4 is 5.69 Å². The summed E-state index contributed by atoms with van der Waals surface area (Å²) < 4.78 is 39.7. The Balaban J connectivity index is 1.98. The molecule has 0 saturated carbocycles. The van der Waals surface area contributed by atoms with E-state index in [1.165, 1.54) is 24.3 Å². The average Bonchev–Trinajstić information content (AvgIpc) is 2.42. The van der Waals surface area contributed by atoms with E-state index in [0.717, 1.165) is 12.1 Å². The van der Waals surface area contributed by atoms with Gasteiger partial charge in [0.15, 0.2) is 0 Å². The standard InChI is InChI=1S/C15H11F3N2/c16-12-3-2-11(13(17)8-12)5-6-20-15-4-1-10(9-19)7-14(15)18/h1-4,7-8,20H,5-6H2. The molecule has 0 atom stereocenters. The minimum absolute atomic E-state index is 0.234. The van der Waals surface area contributed by atoms with E-state index in [-0.39, 0.29) is 11.3 Å². The molecular weight excluding hydrogens is 265 g/mol. The van der Waals surface area contributed by atoms with Crippen LogP contribution in [0, 0.1) is 28.8 Å². The molecule has 2 aromatic carbocycles. The monoisotopic (exact) mass is 276 g/mol. The van der Waals surface area contributed by atoms with Gasteiger partial charge in [-0.2, -0.15) is 5.26 Å². The van der Waals surface area contributed by atoms with E-state index in [4.69, 9.17) is 5.26 Å². The molecule has 0 heterocycles. The van der Waals surface area contributed by atoms with Crippen molar-refractivity contribution in [1.82, 2.24) is 0 Å². The Bertz CT molecular complexity index is 663. The van der Waals surface area contributed by atoms with Crippen molar-refractivity contribution in [2.45, 2.75) is 6.42 Å². The Kier molecular flexibility index (Phi) is 4.26. The molecule has 2 nitrogen and oxygen atoms in total. The first-order valence-corrected chi connectivity index (χ1v) is 5.97. The van der Waals surface area contributed by atoms with Crippen molar-refractivity contribution in [3.05, 3.63) is 65.0 Å². The highest BCUT2D eigenvalue weighted by molar-refractivity contribution is 5.48.